The molecule has 0 aromatic carbocycles. The van der Waals surface area contributed by atoms with Crippen molar-refractivity contribution < 1.29 is 14.3 Å². The van der Waals surface area contributed by atoms with Crippen LogP contribution in [-0.2, 0) is 14.3 Å². The summed E-state index contributed by atoms with van der Waals surface area (Å²) >= 11 is 6.05. The van der Waals surface area contributed by atoms with Gasteiger partial charge in [0.25, 0.3) is 0 Å². The lowest BCUT2D eigenvalue weighted by Gasteiger charge is -2.19. The van der Waals surface area contributed by atoms with Crippen molar-refractivity contribution in [1.82, 2.24) is 0 Å². The van der Waals surface area contributed by atoms with Gasteiger partial charge < -0.3 is 9.47 Å². The van der Waals surface area contributed by atoms with E-state index in [0.29, 0.717) is 16.6 Å². The molecule has 1 saturated heterocycles. The Hall–Kier alpha value is -0.550. The average molecular weight is 218 g/mol. The number of carbonyl (C=O) groups is 1. The number of ether oxygens (including phenoxy) is 2. The van der Waals surface area contributed by atoms with Gasteiger partial charge in [0.15, 0.2) is 4.93 Å². The van der Waals surface area contributed by atoms with Crippen molar-refractivity contribution >= 4 is 34.3 Å². The lowest BCUT2D eigenvalue weighted by Crippen LogP contribution is -2.29. The Morgan fingerprint density at radius 2 is 2.46 bits per heavy atom. The van der Waals surface area contributed by atoms with Crippen LogP contribution in [0.4, 0.5) is 0 Å². The lowest BCUT2D eigenvalue weighted by atomic mass is 10.3. The fourth-order valence-corrected chi connectivity index (χ4v) is 2.05. The summed E-state index contributed by atoms with van der Waals surface area (Å²) in [6.07, 6.45) is 0. The van der Waals surface area contributed by atoms with E-state index in [9.17, 15) is 4.79 Å². The highest BCUT2D eigenvalue weighted by atomic mass is 32.2. The Bertz CT molecular complexity index is 275. The van der Waals surface area contributed by atoms with Crippen molar-refractivity contribution in [1.29, 1.82) is 0 Å². The largest absolute Gasteiger partial charge is 0.473 e. The lowest BCUT2D eigenvalue weighted by molar-refractivity contribution is -0.146. The molecule has 13 heavy (non-hydrogen) atoms. The molecule has 3 nitrogen and oxygen atoms in total. The highest BCUT2D eigenvalue weighted by Gasteiger charge is 2.38. The van der Waals surface area contributed by atoms with Crippen LogP contribution in [0.1, 0.15) is 13.8 Å². The molecule has 0 aromatic rings. The fourth-order valence-electron chi connectivity index (χ4n) is 0.759. The first-order valence-electron chi connectivity index (χ1n) is 3.67. The maximum atomic E-state index is 11.2. The second kappa shape index (κ2) is 3.67. The van der Waals surface area contributed by atoms with Gasteiger partial charge in [-0.15, -0.1) is 0 Å². The molecule has 0 saturated carbocycles. The second-order valence-electron chi connectivity index (χ2n) is 2.94. The molecule has 0 spiro atoms. The van der Waals surface area contributed by atoms with Crippen LogP contribution in [0.25, 0.3) is 0 Å². The highest BCUT2D eigenvalue weighted by molar-refractivity contribution is 8.23. The van der Waals surface area contributed by atoms with Crippen molar-refractivity contribution in [3.05, 3.63) is 12.2 Å². The molecular weight excluding hydrogens is 208 g/mol. The van der Waals surface area contributed by atoms with Crippen LogP contribution in [-0.4, -0.2) is 21.9 Å². The molecular formula is C8H10O3S2. The first-order valence-corrected chi connectivity index (χ1v) is 4.90. The number of rotatable bonds is 2. The van der Waals surface area contributed by atoms with Crippen LogP contribution in [0.3, 0.4) is 0 Å². The minimum Gasteiger partial charge on any atom is -0.473 e. The first kappa shape index (κ1) is 10.5. The molecule has 0 aromatic heterocycles. The van der Waals surface area contributed by atoms with Gasteiger partial charge in [-0.1, -0.05) is 6.58 Å². The van der Waals surface area contributed by atoms with E-state index in [0.717, 1.165) is 0 Å². The smallest absolute Gasteiger partial charge is 0.334 e. The quantitative estimate of drug-likeness (QED) is 0.401. The summed E-state index contributed by atoms with van der Waals surface area (Å²) in [5, 5.41) is 0. The molecule has 5 heteroatoms. The molecule has 1 atom stereocenters. The zero-order valence-corrected chi connectivity index (χ0v) is 9.09. The van der Waals surface area contributed by atoms with Crippen LogP contribution < -0.4 is 0 Å². The molecule has 1 aliphatic heterocycles. The number of thiocarbonyl (C=S) groups is 1. The van der Waals surface area contributed by atoms with Crippen molar-refractivity contribution in [2.45, 2.75) is 18.8 Å². The number of thioether (sulfide) groups is 1. The summed E-state index contributed by atoms with van der Waals surface area (Å²) < 4.78 is 10.6. The normalized spacial score (nSPS) is 26.8. The molecule has 1 unspecified atom stereocenters. The summed E-state index contributed by atoms with van der Waals surface area (Å²) in [7, 11) is 0. The van der Waals surface area contributed by atoms with Crippen LogP contribution in [0.15, 0.2) is 12.2 Å². The molecule has 1 aliphatic rings. The third-order valence-corrected chi connectivity index (χ3v) is 2.69. The number of esters is 1. The maximum absolute atomic E-state index is 11.2. The van der Waals surface area contributed by atoms with Gasteiger partial charge in [-0.3, -0.25) is 0 Å². The van der Waals surface area contributed by atoms with E-state index >= 15 is 0 Å². The SMILES string of the molecule is C=C(C)C(=O)OC1(C)COC(=S)S1. The van der Waals surface area contributed by atoms with Gasteiger partial charge in [0, 0.05) is 5.57 Å². The number of carbonyl (C=O) groups excluding carboxylic acids is 1. The maximum Gasteiger partial charge on any atom is 0.334 e. The Morgan fingerprint density at radius 1 is 1.85 bits per heavy atom. The minimum absolute atomic E-state index is 0.301. The molecule has 0 amide bonds. The van der Waals surface area contributed by atoms with E-state index in [-0.39, 0.29) is 0 Å². The topological polar surface area (TPSA) is 35.5 Å². The van der Waals surface area contributed by atoms with Crippen molar-refractivity contribution in [2.24, 2.45) is 0 Å². The van der Waals surface area contributed by atoms with E-state index in [4.69, 9.17) is 21.7 Å². The van der Waals surface area contributed by atoms with Crippen molar-refractivity contribution in [3.8, 4) is 0 Å². The van der Waals surface area contributed by atoms with Gasteiger partial charge in [0.05, 0.1) is 0 Å². The van der Waals surface area contributed by atoms with E-state index in [1.165, 1.54) is 11.8 Å². The monoisotopic (exact) mass is 218 g/mol. The third kappa shape index (κ3) is 2.70. The molecule has 1 fully saturated rings. The predicted molar refractivity (Wildman–Crippen MR) is 55.5 cm³/mol. The van der Waals surface area contributed by atoms with Gasteiger partial charge in [-0.05, 0) is 37.8 Å². The van der Waals surface area contributed by atoms with E-state index in [1.807, 2.05) is 0 Å². The van der Waals surface area contributed by atoms with E-state index in [2.05, 4.69) is 6.58 Å². The summed E-state index contributed by atoms with van der Waals surface area (Å²) in [6.45, 7) is 7.15. The summed E-state index contributed by atoms with van der Waals surface area (Å²) in [6, 6.07) is 0. The van der Waals surface area contributed by atoms with Gasteiger partial charge in [-0.25, -0.2) is 4.79 Å². The van der Waals surface area contributed by atoms with Gasteiger partial charge in [-0.2, -0.15) is 0 Å². The van der Waals surface area contributed by atoms with Crippen LogP contribution in [0.2, 0.25) is 0 Å². The highest BCUT2D eigenvalue weighted by Crippen LogP contribution is 2.35. The molecule has 1 rings (SSSR count). The molecule has 0 aliphatic carbocycles. The average Bonchev–Trinajstić information content (AvgIpc) is 2.30. The summed E-state index contributed by atoms with van der Waals surface area (Å²) in [5.41, 5.74) is 0.375. The molecule has 0 N–H and O–H groups in total. The Morgan fingerprint density at radius 3 is 2.85 bits per heavy atom. The zero-order chi connectivity index (χ0) is 10.1. The molecule has 1 heterocycles. The predicted octanol–water partition coefficient (Wildman–Crippen LogP) is 1.87. The van der Waals surface area contributed by atoms with Gasteiger partial charge in [0.2, 0.25) is 4.38 Å². The fraction of sp³-hybridized carbons (Fsp3) is 0.500. The first-order chi connectivity index (χ1) is 5.93. The molecule has 72 valence electrons. The summed E-state index contributed by atoms with van der Waals surface area (Å²) in [4.78, 5) is 10.5. The van der Waals surface area contributed by atoms with Gasteiger partial charge in [0.1, 0.15) is 6.61 Å². The summed E-state index contributed by atoms with van der Waals surface area (Å²) in [5.74, 6) is -0.414. The minimum atomic E-state index is -0.687. The third-order valence-electron chi connectivity index (χ3n) is 1.41. The van der Waals surface area contributed by atoms with Crippen LogP contribution in [0.5, 0.6) is 0 Å². The molecule has 0 bridgehead atoms. The van der Waals surface area contributed by atoms with Crippen molar-refractivity contribution in [2.75, 3.05) is 6.61 Å². The molecule has 0 radical (unpaired) electrons. The van der Waals surface area contributed by atoms with Crippen molar-refractivity contribution in [3.63, 3.8) is 0 Å². The second-order valence-corrected chi connectivity index (χ2v) is 5.01. The number of hydrogen-bond donors (Lipinski definition) is 0. The van der Waals surface area contributed by atoms with Gasteiger partial charge >= 0.3 is 5.97 Å². The zero-order valence-electron chi connectivity index (χ0n) is 7.46. The Kier molecular flexibility index (Phi) is 2.98. The van der Waals surface area contributed by atoms with Crippen LogP contribution in [0, 0.1) is 0 Å². The van der Waals surface area contributed by atoms with Crippen LogP contribution >= 0.6 is 24.0 Å². The Labute approximate surface area is 86.5 Å². The number of hydrogen-bond acceptors (Lipinski definition) is 5. The van der Waals surface area contributed by atoms with E-state index < -0.39 is 10.9 Å². The van der Waals surface area contributed by atoms with E-state index in [1.54, 1.807) is 13.8 Å². The standard InChI is InChI=1S/C8H10O3S2/c1-5(2)6(9)11-8(3)4-10-7(12)13-8/h1,4H2,2-3H3. The Balaban J connectivity index is 2.58.